The van der Waals surface area contributed by atoms with Crippen LogP contribution in [0.1, 0.15) is 23.2 Å². The third kappa shape index (κ3) is 4.85. The Balaban J connectivity index is 1.62. The highest BCUT2D eigenvalue weighted by molar-refractivity contribution is 5.99. The molecule has 0 unspecified atom stereocenters. The summed E-state index contributed by atoms with van der Waals surface area (Å²) in [5.41, 5.74) is 1.20. The molecule has 1 saturated heterocycles. The van der Waals surface area contributed by atoms with E-state index in [1.807, 2.05) is 4.90 Å². The Kier molecular flexibility index (Phi) is 6.21. The van der Waals surface area contributed by atoms with Crippen LogP contribution in [0.5, 0.6) is 5.88 Å². The molecule has 1 atom stereocenters. The third-order valence-corrected chi connectivity index (χ3v) is 4.47. The van der Waals surface area contributed by atoms with E-state index in [0.717, 1.165) is 12.8 Å². The molecular formula is C20H23N5O3. The van der Waals surface area contributed by atoms with E-state index in [4.69, 9.17) is 4.74 Å². The summed E-state index contributed by atoms with van der Waals surface area (Å²) in [6, 6.07) is 8.59. The molecule has 2 amide bonds. The number of ether oxygens (including phenoxy) is 1. The highest BCUT2D eigenvalue weighted by atomic mass is 16.5. The van der Waals surface area contributed by atoms with Crippen LogP contribution in [0.3, 0.4) is 0 Å². The Morgan fingerprint density at radius 3 is 2.79 bits per heavy atom. The summed E-state index contributed by atoms with van der Waals surface area (Å²) >= 11 is 0. The second kappa shape index (κ2) is 8.98. The molecule has 2 heterocycles. The van der Waals surface area contributed by atoms with Crippen molar-refractivity contribution in [2.45, 2.75) is 18.9 Å². The predicted molar refractivity (Wildman–Crippen MR) is 106 cm³/mol. The first-order valence-electron chi connectivity index (χ1n) is 9.05. The maximum Gasteiger partial charge on any atom is 0.253 e. The van der Waals surface area contributed by atoms with E-state index < -0.39 is 0 Å². The number of carbonyl (C=O) groups excluding carboxylic acids is 2. The Hall–Kier alpha value is -3.42. The van der Waals surface area contributed by atoms with Crippen LogP contribution in [0, 0.1) is 0 Å². The maximum absolute atomic E-state index is 12.8. The highest BCUT2D eigenvalue weighted by Crippen LogP contribution is 2.18. The van der Waals surface area contributed by atoms with Crippen molar-refractivity contribution in [3.05, 3.63) is 54.7 Å². The van der Waals surface area contributed by atoms with Crippen LogP contribution in [0.2, 0.25) is 0 Å². The molecule has 8 nitrogen and oxygen atoms in total. The molecular weight excluding hydrogens is 358 g/mol. The summed E-state index contributed by atoms with van der Waals surface area (Å²) in [4.78, 5) is 34.5. The molecule has 1 aromatic heterocycles. The number of likely N-dealkylation sites (tertiary alicyclic amines) is 1. The molecule has 2 aromatic rings. The maximum atomic E-state index is 12.8. The van der Waals surface area contributed by atoms with Gasteiger partial charge >= 0.3 is 0 Å². The summed E-state index contributed by atoms with van der Waals surface area (Å²) in [5.74, 6) is 0.647. The average Bonchev–Trinajstić information content (AvgIpc) is 2.74. The second-order valence-electron chi connectivity index (χ2n) is 6.43. The van der Waals surface area contributed by atoms with Crippen LogP contribution in [-0.2, 0) is 4.79 Å². The van der Waals surface area contributed by atoms with Gasteiger partial charge in [0.05, 0.1) is 7.11 Å². The van der Waals surface area contributed by atoms with E-state index in [1.54, 1.807) is 43.6 Å². The first-order valence-corrected chi connectivity index (χ1v) is 9.05. The minimum atomic E-state index is -0.288. The molecule has 1 fully saturated rings. The van der Waals surface area contributed by atoms with Gasteiger partial charge < -0.3 is 20.3 Å². The molecule has 0 saturated carbocycles. The normalized spacial score (nSPS) is 16.2. The number of hydrogen-bond acceptors (Lipinski definition) is 6. The summed E-state index contributed by atoms with van der Waals surface area (Å²) in [6.45, 7) is 4.68. The van der Waals surface area contributed by atoms with Crippen molar-refractivity contribution in [2.75, 3.05) is 30.8 Å². The Morgan fingerprint density at radius 1 is 1.29 bits per heavy atom. The van der Waals surface area contributed by atoms with Gasteiger partial charge in [-0.25, -0.2) is 4.98 Å². The van der Waals surface area contributed by atoms with Crippen molar-refractivity contribution in [3.63, 3.8) is 0 Å². The van der Waals surface area contributed by atoms with Crippen molar-refractivity contribution in [3.8, 4) is 5.88 Å². The van der Waals surface area contributed by atoms with E-state index in [-0.39, 0.29) is 17.9 Å². The van der Waals surface area contributed by atoms with Gasteiger partial charge in [-0.3, -0.25) is 9.59 Å². The molecule has 1 aromatic carbocycles. The summed E-state index contributed by atoms with van der Waals surface area (Å²) in [5, 5.41) is 5.94. The molecule has 0 bridgehead atoms. The van der Waals surface area contributed by atoms with Gasteiger partial charge in [-0.1, -0.05) is 6.58 Å². The third-order valence-electron chi connectivity index (χ3n) is 4.47. The van der Waals surface area contributed by atoms with Gasteiger partial charge in [0.2, 0.25) is 17.7 Å². The van der Waals surface area contributed by atoms with Gasteiger partial charge in [0.15, 0.2) is 0 Å². The largest absolute Gasteiger partial charge is 0.481 e. The molecule has 2 N–H and O–H groups in total. The van der Waals surface area contributed by atoms with Gasteiger partial charge in [0.25, 0.3) is 5.91 Å². The van der Waals surface area contributed by atoms with Gasteiger partial charge in [-0.2, -0.15) is 4.98 Å². The van der Waals surface area contributed by atoms with Gasteiger partial charge in [0, 0.05) is 42.6 Å². The van der Waals surface area contributed by atoms with Crippen molar-refractivity contribution < 1.29 is 14.3 Å². The fourth-order valence-corrected chi connectivity index (χ4v) is 3.06. The molecule has 28 heavy (non-hydrogen) atoms. The zero-order valence-corrected chi connectivity index (χ0v) is 15.7. The Bertz CT molecular complexity index is 853. The number of methoxy groups -OCH3 is 1. The van der Waals surface area contributed by atoms with E-state index in [1.165, 1.54) is 6.08 Å². The molecule has 3 rings (SSSR count). The van der Waals surface area contributed by atoms with Crippen LogP contribution < -0.4 is 15.4 Å². The van der Waals surface area contributed by atoms with Crippen molar-refractivity contribution >= 4 is 23.5 Å². The van der Waals surface area contributed by atoms with Gasteiger partial charge in [0.1, 0.15) is 0 Å². The molecule has 0 radical (unpaired) electrons. The van der Waals surface area contributed by atoms with E-state index >= 15 is 0 Å². The quantitative estimate of drug-likeness (QED) is 0.746. The molecule has 0 aliphatic carbocycles. The number of piperidine rings is 1. The highest BCUT2D eigenvalue weighted by Gasteiger charge is 2.25. The first kappa shape index (κ1) is 19.3. The van der Waals surface area contributed by atoms with E-state index in [2.05, 4.69) is 27.2 Å². The fraction of sp³-hybridized carbons (Fsp3) is 0.300. The fourth-order valence-electron chi connectivity index (χ4n) is 3.06. The van der Waals surface area contributed by atoms with E-state index in [9.17, 15) is 9.59 Å². The smallest absolute Gasteiger partial charge is 0.253 e. The van der Waals surface area contributed by atoms with Crippen molar-refractivity contribution in [2.24, 2.45) is 0 Å². The lowest BCUT2D eigenvalue weighted by Gasteiger charge is -2.33. The van der Waals surface area contributed by atoms with Gasteiger partial charge in [-0.15, -0.1) is 0 Å². The first-order chi connectivity index (χ1) is 13.6. The Morgan fingerprint density at radius 2 is 2.07 bits per heavy atom. The second-order valence-corrected chi connectivity index (χ2v) is 6.43. The number of nitrogens with zero attached hydrogens (tertiary/aromatic N) is 3. The number of anilines is 2. The van der Waals surface area contributed by atoms with Crippen LogP contribution in [0.4, 0.5) is 11.6 Å². The van der Waals surface area contributed by atoms with E-state index in [0.29, 0.717) is 36.2 Å². The molecule has 146 valence electrons. The van der Waals surface area contributed by atoms with Gasteiger partial charge in [-0.05, 0) is 43.2 Å². The Labute approximate surface area is 163 Å². The summed E-state index contributed by atoms with van der Waals surface area (Å²) in [7, 11) is 1.56. The molecule has 8 heteroatoms. The number of nitrogens with one attached hydrogen (secondary N) is 2. The monoisotopic (exact) mass is 381 g/mol. The predicted octanol–water partition coefficient (Wildman–Crippen LogP) is 2.33. The van der Waals surface area contributed by atoms with Crippen LogP contribution in [-0.4, -0.2) is 52.9 Å². The van der Waals surface area contributed by atoms with Crippen LogP contribution in [0.25, 0.3) is 0 Å². The minimum absolute atomic E-state index is 0.0420. The average molecular weight is 381 g/mol. The number of aromatic nitrogens is 2. The zero-order chi connectivity index (χ0) is 19.9. The summed E-state index contributed by atoms with van der Waals surface area (Å²) in [6.07, 6.45) is 4.65. The number of amides is 2. The lowest BCUT2D eigenvalue weighted by atomic mass is 10.0. The SMILES string of the molecule is C=CC(=O)Nc1ccc(C(=O)N2CCC[C@@H](Nc3nccc(OC)n3)C2)cc1. The minimum Gasteiger partial charge on any atom is -0.481 e. The number of benzene rings is 1. The number of rotatable bonds is 6. The van der Waals surface area contributed by atoms with Crippen molar-refractivity contribution in [1.29, 1.82) is 0 Å². The molecule has 1 aliphatic rings. The molecule has 1 aliphatic heterocycles. The zero-order valence-electron chi connectivity index (χ0n) is 15.7. The lowest BCUT2D eigenvalue weighted by molar-refractivity contribution is -0.111. The standard InChI is InChI=1S/C20H23N5O3/c1-3-17(26)22-15-8-6-14(7-9-15)19(27)25-12-4-5-16(13-25)23-20-21-11-10-18(24-20)28-2/h3,6-11,16H,1,4-5,12-13H2,2H3,(H,22,26)(H,21,23,24)/t16-/m1/s1. The molecule has 0 spiro atoms. The number of hydrogen-bond donors (Lipinski definition) is 2. The lowest BCUT2D eigenvalue weighted by Crippen LogP contribution is -2.45. The number of carbonyl (C=O) groups is 2. The van der Waals surface area contributed by atoms with Crippen LogP contribution >= 0.6 is 0 Å². The summed E-state index contributed by atoms with van der Waals surface area (Å²) < 4.78 is 5.11. The topological polar surface area (TPSA) is 96.5 Å². The van der Waals surface area contributed by atoms with Crippen molar-refractivity contribution in [1.82, 2.24) is 14.9 Å². The van der Waals surface area contributed by atoms with Crippen LogP contribution in [0.15, 0.2) is 49.2 Å².